The fourth-order valence-electron chi connectivity index (χ4n) is 6.96. The van der Waals surface area contributed by atoms with Crippen molar-refractivity contribution in [2.75, 3.05) is 13.2 Å². The molecule has 7 nitrogen and oxygen atoms in total. The van der Waals surface area contributed by atoms with Gasteiger partial charge in [-0.3, -0.25) is 14.4 Å². The van der Waals surface area contributed by atoms with Gasteiger partial charge in [0, 0.05) is 19.4 Å². The first-order valence-corrected chi connectivity index (χ1v) is 16.7. The molecule has 242 valence electrons. The standard InChI is InChI=1S/C40H42N2O5/c43-37(25-29-11-7-8-12-29)42-23-21-32-19-20-34(47-24-22-28-9-3-1-4-10-28)26-35(32)39(42)40(46)41-36(27-38(44)45)33-17-15-31(16-18-33)30-13-5-2-6-14-30/h1-6,9-10,13-20,26,29,36,39H,7-8,11-12,21-25,27H2,(H,41,46)(H,44,45). The molecule has 2 aliphatic rings. The Labute approximate surface area is 276 Å². The van der Waals surface area contributed by atoms with Crippen LogP contribution < -0.4 is 10.1 Å². The van der Waals surface area contributed by atoms with Crippen LogP contribution in [0.25, 0.3) is 11.1 Å². The minimum absolute atomic E-state index is 0.0277. The van der Waals surface area contributed by atoms with Gasteiger partial charge in [-0.05, 0) is 70.7 Å². The van der Waals surface area contributed by atoms with Crippen molar-refractivity contribution >= 4 is 17.8 Å². The topological polar surface area (TPSA) is 95.9 Å². The lowest BCUT2D eigenvalue weighted by molar-refractivity contribution is -0.143. The van der Waals surface area contributed by atoms with Crippen molar-refractivity contribution in [1.29, 1.82) is 0 Å². The Kier molecular flexibility index (Phi) is 10.3. The molecule has 2 unspecified atom stereocenters. The summed E-state index contributed by atoms with van der Waals surface area (Å²) in [5, 5.41) is 12.9. The molecule has 1 aliphatic carbocycles. The molecule has 0 radical (unpaired) electrons. The fraction of sp³-hybridized carbons (Fsp3) is 0.325. The molecule has 2 atom stereocenters. The molecule has 2 N–H and O–H groups in total. The highest BCUT2D eigenvalue weighted by Crippen LogP contribution is 2.36. The number of ether oxygens (including phenoxy) is 1. The van der Waals surface area contributed by atoms with Gasteiger partial charge in [-0.15, -0.1) is 0 Å². The number of amides is 2. The number of nitrogens with one attached hydrogen (secondary N) is 1. The first kappa shape index (κ1) is 32.0. The highest BCUT2D eigenvalue weighted by Gasteiger charge is 2.38. The van der Waals surface area contributed by atoms with Crippen molar-refractivity contribution in [2.24, 2.45) is 5.92 Å². The van der Waals surface area contributed by atoms with Crippen LogP contribution in [0.1, 0.15) is 72.9 Å². The number of nitrogens with zero attached hydrogens (tertiary/aromatic N) is 1. The normalized spacial score (nSPS) is 16.7. The van der Waals surface area contributed by atoms with Crippen LogP contribution in [0.3, 0.4) is 0 Å². The molecule has 1 fully saturated rings. The number of carbonyl (C=O) groups excluding carboxylic acids is 2. The van der Waals surface area contributed by atoms with Gasteiger partial charge in [0.05, 0.1) is 19.1 Å². The van der Waals surface area contributed by atoms with Gasteiger partial charge in [0.2, 0.25) is 11.8 Å². The Bertz CT molecular complexity index is 1670. The van der Waals surface area contributed by atoms with Crippen LogP contribution in [0.2, 0.25) is 0 Å². The predicted octanol–water partition coefficient (Wildman–Crippen LogP) is 7.31. The van der Waals surface area contributed by atoms with Gasteiger partial charge < -0.3 is 20.1 Å². The summed E-state index contributed by atoms with van der Waals surface area (Å²) in [6.07, 6.45) is 5.86. The monoisotopic (exact) mass is 630 g/mol. The lowest BCUT2D eigenvalue weighted by Crippen LogP contribution is -2.48. The van der Waals surface area contributed by atoms with Gasteiger partial charge in [-0.25, -0.2) is 0 Å². The molecule has 4 aromatic carbocycles. The van der Waals surface area contributed by atoms with E-state index in [4.69, 9.17) is 4.74 Å². The highest BCUT2D eigenvalue weighted by atomic mass is 16.5. The molecule has 0 spiro atoms. The van der Waals surface area contributed by atoms with E-state index in [0.29, 0.717) is 43.2 Å². The average Bonchev–Trinajstić information content (AvgIpc) is 3.61. The SMILES string of the molecule is O=C(O)CC(NC(=O)C1c2cc(OCCc3ccccc3)ccc2CCN1C(=O)CC1CCCC1)c1ccc(-c2ccccc2)cc1. The van der Waals surface area contributed by atoms with E-state index in [9.17, 15) is 19.5 Å². The zero-order valence-electron chi connectivity index (χ0n) is 26.6. The highest BCUT2D eigenvalue weighted by molar-refractivity contribution is 5.90. The van der Waals surface area contributed by atoms with Crippen LogP contribution >= 0.6 is 0 Å². The molecule has 1 saturated carbocycles. The first-order valence-electron chi connectivity index (χ1n) is 16.7. The van der Waals surface area contributed by atoms with Crippen LogP contribution in [0, 0.1) is 5.92 Å². The summed E-state index contributed by atoms with van der Waals surface area (Å²) in [5.41, 5.74) is 5.65. The van der Waals surface area contributed by atoms with E-state index in [1.165, 1.54) is 5.56 Å². The molecule has 1 aliphatic heterocycles. The van der Waals surface area contributed by atoms with Crippen LogP contribution in [-0.4, -0.2) is 40.9 Å². The van der Waals surface area contributed by atoms with Crippen LogP contribution in [-0.2, 0) is 27.2 Å². The van der Waals surface area contributed by atoms with E-state index in [0.717, 1.165) is 54.4 Å². The van der Waals surface area contributed by atoms with E-state index in [1.807, 2.05) is 91.0 Å². The second-order valence-electron chi connectivity index (χ2n) is 12.7. The third kappa shape index (κ3) is 8.09. The number of rotatable bonds is 12. The molecule has 47 heavy (non-hydrogen) atoms. The third-order valence-electron chi connectivity index (χ3n) is 9.47. The van der Waals surface area contributed by atoms with E-state index >= 15 is 0 Å². The third-order valence-corrected chi connectivity index (χ3v) is 9.47. The molecule has 0 bridgehead atoms. The second kappa shape index (κ2) is 15.1. The summed E-state index contributed by atoms with van der Waals surface area (Å²) in [6, 6.07) is 31.8. The maximum atomic E-state index is 14.3. The molecule has 2 amide bonds. The number of aliphatic carboxylic acids is 1. The summed E-state index contributed by atoms with van der Waals surface area (Å²) in [6.45, 7) is 0.907. The zero-order valence-corrected chi connectivity index (χ0v) is 26.6. The minimum atomic E-state index is -1.02. The van der Waals surface area contributed by atoms with E-state index in [-0.39, 0.29) is 18.2 Å². The van der Waals surface area contributed by atoms with Gasteiger partial charge in [0.15, 0.2) is 0 Å². The van der Waals surface area contributed by atoms with Crippen LogP contribution in [0.5, 0.6) is 5.75 Å². The number of carboxylic acid groups (broad SMARTS) is 1. The largest absolute Gasteiger partial charge is 0.493 e. The van der Waals surface area contributed by atoms with Gasteiger partial charge >= 0.3 is 5.97 Å². The van der Waals surface area contributed by atoms with Crippen LogP contribution in [0.4, 0.5) is 0 Å². The molecule has 1 heterocycles. The predicted molar refractivity (Wildman–Crippen MR) is 182 cm³/mol. The molecule has 0 aromatic heterocycles. The maximum Gasteiger partial charge on any atom is 0.305 e. The Morgan fingerprint density at radius 3 is 2.23 bits per heavy atom. The molecule has 7 heteroatoms. The quantitative estimate of drug-likeness (QED) is 0.171. The Balaban J connectivity index is 1.26. The van der Waals surface area contributed by atoms with Gasteiger partial charge in [-0.2, -0.15) is 0 Å². The second-order valence-corrected chi connectivity index (χ2v) is 12.7. The average molecular weight is 631 g/mol. The van der Waals surface area contributed by atoms with Crippen molar-refractivity contribution in [3.63, 3.8) is 0 Å². The summed E-state index contributed by atoms with van der Waals surface area (Å²) in [5.74, 6) is -0.454. The lowest BCUT2D eigenvalue weighted by atomic mass is 9.90. The molecular weight excluding hydrogens is 588 g/mol. The number of fused-ring (bicyclic) bond motifs is 1. The number of carbonyl (C=O) groups is 3. The summed E-state index contributed by atoms with van der Waals surface area (Å²) >= 11 is 0. The molecule has 0 saturated heterocycles. The Morgan fingerprint density at radius 1 is 0.851 bits per heavy atom. The Morgan fingerprint density at radius 2 is 1.53 bits per heavy atom. The number of hydrogen-bond acceptors (Lipinski definition) is 4. The summed E-state index contributed by atoms with van der Waals surface area (Å²) in [7, 11) is 0. The van der Waals surface area contributed by atoms with Crippen LogP contribution in [0.15, 0.2) is 103 Å². The van der Waals surface area contributed by atoms with Crippen molar-refractivity contribution in [3.05, 3.63) is 125 Å². The summed E-state index contributed by atoms with van der Waals surface area (Å²) in [4.78, 5) is 41.9. The Hall–Kier alpha value is -4.91. The van der Waals surface area contributed by atoms with E-state index < -0.39 is 18.1 Å². The van der Waals surface area contributed by atoms with Crippen molar-refractivity contribution in [2.45, 2.75) is 63.5 Å². The van der Waals surface area contributed by atoms with E-state index in [2.05, 4.69) is 17.4 Å². The number of benzene rings is 4. The van der Waals surface area contributed by atoms with E-state index in [1.54, 1.807) is 4.90 Å². The fourth-order valence-corrected chi connectivity index (χ4v) is 6.96. The van der Waals surface area contributed by atoms with Crippen molar-refractivity contribution in [1.82, 2.24) is 10.2 Å². The lowest BCUT2D eigenvalue weighted by Gasteiger charge is -2.38. The van der Waals surface area contributed by atoms with Gasteiger partial charge in [0.25, 0.3) is 0 Å². The smallest absolute Gasteiger partial charge is 0.305 e. The molecule has 4 aromatic rings. The number of carboxylic acids is 1. The van der Waals surface area contributed by atoms with Gasteiger partial charge in [0.1, 0.15) is 11.8 Å². The first-order chi connectivity index (χ1) is 22.9. The summed E-state index contributed by atoms with van der Waals surface area (Å²) < 4.78 is 6.15. The number of hydrogen-bond donors (Lipinski definition) is 2. The van der Waals surface area contributed by atoms with Crippen molar-refractivity contribution in [3.8, 4) is 16.9 Å². The maximum absolute atomic E-state index is 14.3. The molecular formula is C40H42N2O5. The minimum Gasteiger partial charge on any atom is -0.493 e. The molecule has 6 rings (SSSR count). The van der Waals surface area contributed by atoms with Gasteiger partial charge in [-0.1, -0.05) is 104 Å². The zero-order chi connectivity index (χ0) is 32.6. The van der Waals surface area contributed by atoms with Crippen molar-refractivity contribution < 1.29 is 24.2 Å².